The molecule has 0 bridgehead atoms. The maximum Gasteiger partial charge on any atom is 0.433 e. The third-order valence-corrected chi connectivity index (χ3v) is 6.18. The van der Waals surface area contributed by atoms with Gasteiger partial charge in [-0.2, -0.15) is 13.2 Å². The summed E-state index contributed by atoms with van der Waals surface area (Å²) in [4.78, 5) is 33.3. The minimum atomic E-state index is -4.61. The third-order valence-electron chi connectivity index (χ3n) is 6.18. The van der Waals surface area contributed by atoms with Crippen molar-refractivity contribution in [3.8, 4) is 17.1 Å². The van der Waals surface area contributed by atoms with Crippen LogP contribution in [0.4, 0.5) is 19.0 Å². The van der Waals surface area contributed by atoms with Crippen molar-refractivity contribution in [2.24, 2.45) is 0 Å². The Morgan fingerprint density at radius 1 is 1.18 bits per heavy atom. The average Bonchev–Trinajstić information content (AvgIpc) is 3.51. The van der Waals surface area contributed by atoms with E-state index < -0.39 is 42.3 Å². The van der Waals surface area contributed by atoms with Gasteiger partial charge < -0.3 is 30.3 Å². The lowest BCUT2D eigenvalue weighted by Gasteiger charge is -2.17. The predicted octanol–water partition coefficient (Wildman–Crippen LogP) is 1.29. The number of hydrogen-bond donors (Lipinski definition) is 4. The number of halogens is 3. The lowest BCUT2D eigenvalue weighted by molar-refractivity contribution is -0.141. The minimum absolute atomic E-state index is 0.0942. The number of imidazole rings is 1. The number of nitrogens with zero attached hydrogens (tertiary/aromatic N) is 6. The van der Waals surface area contributed by atoms with Crippen molar-refractivity contribution in [3.05, 3.63) is 54.4 Å². The van der Waals surface area contributed by atoms with Crippen molar-refractivity contribution in [2.45, 2.75) is 37.3 Å². The van der Waals surface area contributed by atoms with Crippen LogP contribution in [0.1, 0.15) is 17.6 Å². The summed E-state index contributed by atoms with van der Waals surface area (Å²) >= 11 is 0. The van der Waals surface area contributed by atoms with E-state index in [4.69, 9.17) is 9.47 Å². The molecule has 5 heterocycles. The number of methoxy groups -OCH3 is 1. The zero-order chi connectivity index (χ0) is 28.6. The van der Waals surface area contributed by atoms with Crippen LogP contribution >= 0.6 is 0 Å². The largest absolute Gasteiger partial charge is 0.495 e. The van der Waals surface area contributed by atoms with Crippen LogP contribution in [0.2, 0.25) is 0 Å². The molecule has 4 unspecified atom stereocenters. The number of alkyl halides is 3. The number of hydrogen-bond acceptors (Lipinski definition) is 11. The van der Waals surface area contributed by atoms with Gasteiger partial charge in [-0.25, -0.2) is 19.9 Å². The molecule has 1 aliphatic heterocycles. The molecule has 0 aliphatic carbocycles. The highest BCUT2D eigenvalue weighted by Crippen LogP contribution is 2.34. The van der Waals surface area contributed by atoms with Crippen molar-refractivity contribution < 1.29 is 37.7 Å². The molecule has 210 valence electrons. The fraction of sp³-hybridized carbons (Fsp3) is 0.333. The molecule has 0 radical (unpaired) electrons. The lowest BCUT2D eigenvalue weighted by Crippen LogP contribution is -2.41. The van der Waals surface area contributed by atoms with E-state index in [1.807, 2.05) is 0 Å². The molecule has 0 spiro atoms. The van der Waals surface area contributed by atoms with Gasteiger partial charge in [0.05, 0.1) is 31.9 Å². The van der Waals surface area contributed by atoms with Crippen LogP contribution in [0, 0.1) is 0 Å². The molecule has 1 aliphatic rings. The highest BCUT2D eigenvalue weighted by atomic mass is 19.4. The maximum atomic E-state index is 13.1. The van der Waals surface area contributed by atoms with Gasteiger partial charge in [0.25, 0.3) is 5.91 Å². The van der Waals surface area contributed by atoms with Crippen LogP contribution in [0.5, 0.6) is 5.75 Å². The Bertz CT molecular complexity index is 1550. The number of carbonyl (C=O) groups is 1. The van der Waals surface area contributed by atoms with E-state index in [-0.39, 0.29) is 35.0 Å². The summed E-state index contributed by atoms with van der Waals surface area (Å²) in [6.07, 6.45) is -6.00. The smallest absolute Gasteiger partial charge is 0.433 e. The predicted molar refractivity (Wildman–Crippen MR) is 132 cm³/mol. The summed E-state index contributed by atoms with van der Waals surface area (Å²) in [5.74, 6) is 0.0587. The topological polar surface area (TPSA) is 169 Å². The Kier molecular flexibility index (Phi) is 7.22. The Morgan fingerprint density at radius 3 is 2.70 bits per heavy atom. The first-order chi connectivity index (χ1) is 19.1. The molecule has 40 heavy (non-hydrogen) atoms. The fourth-order valence-electron chi connectivity index (χ4n) is 4.17. The summed E-state index contributed by atoms with van der Waals surface area (Å²) < 4.78 is 51.7. The fourth-order valence-corrected chi connectivity index (χ4v) is 4.17. The Labute approximate surface area is 224 Å². The first-order valence-corrected chi connectivity index (χ1v) is 11.8. The maximum absolute atomic E-state index is 13.1. The Hall–Kier alpha value is -4.41. The number of rotatable bonds is 7. The van der Waals surface area contributed by atoms with Gasteiger partial charge >= 0.3 is 6.18 Å². The minimum Gasteiger partial charge on any atom is -0.495 e. The number of aliphatic hydroxyl groups excluding tert-OH is 2. The van der Waals surface area contributed by atoms with E-state index >= 15 is 0 Å². The molecule has 1 saturated heterocycles. The standard InChI is InChI=1S/C24H23F3N8O5/c1-28-22(38)18-16(36)17(37)23(40-18)35-10-31-15-20(30-8-12-4-3-5-14(32-12)24(25,26)27)33-19(34-21(15)35)11-6-13(39-2)9-29-7-11/h3-7,9-10,16-18,23,36-37H,8H2,1-2H3,(H,28,38)(H,30,33,34). The number of nitrogens with one attached hydrogen (secondary N) is 2. The number of aromatic nitrogens is 6. The quantitative estimate of drug-likeness (QED) is 0.257. The van der Waals surface area contributed by atoms with Gasteiger partial charge in [-0.3, -0.25) is 14.3 Å². The molecule has 0 aromatic carbocycles. The van der Waals surface area contributed by atoms with Gasteiger partial charge in [0, 0.05) is 18.8 Å². The molecule has 4 aromatic rings. The van der Waals surface area contributed by atoms with Gasteiger partial charge in [0.1, 0.15) is 23.7 Å². The highest BCUT2D eigenvalue weighted by molar-refractivity contribution is 5.85. The van der Waals surface area contributed by atoms with Gasteiger partial charge in [-0.05, 0) is 18.2 Å². The SMILES string of the molecule is CNC(=O)C1OC(n2cnc3c(NCc4cccc(C(F)(F)F)n4)nc(-c4cncc(OC)c4)nc32)C(O)C1O. The monoisotopic (exact) mass is 560 g/mol. The van der Waals surface area contributed by atoms with E-state index in [1.165, 1.54) is 49.6 Å². The number of ether oxygens (including phenoxy) is 2. The average molecular weight is 560 g/mol. The van der Waals surface area contributed by atoms with Crippen LogP contribution in [0.25, 0.3) is 22.6 Å². The number of pyridine rings is 2. The molecule has 16 heteroatoms. The van der Waals surface area contributed by atoms with Gasteiger partial charge in [0.2, 0.25) is 0 Å². The second-order valence-electron chi connectivity index (χ2n) is 8.74. The molecular formula is C24H23F3N8O5. The summed E-state index contributed by atoms with van der Waals surface area (Å²) in [7, 11) is 2.82. The lowest BCUT2D eigenvalue weighted by atomic mass is 10.1. The zero-order valence-corrected chi connectivity index (χ0v) is 21.0. The highest BCUT2D eigenvalue weighted by Gasteiger charge is 2.47. The van der Waals surface area contributed by atoms with Crippen LogP contribution in [-0.4, -0.2) is 78.1 Å². The van der Waals surface area contributed by atoms with E-state index in [2.05, 4.69) is 35.6 Å². The Morgan fingerprint density at radius 2 is 1.98 bits per heavy atom. The summed E-state index contributed by atoms with van der Waals surface area (Å²) in [5.41, 5.74) is -0.188. The number of fused-ring (bicyclic) bond motifs is 1. The van der Waals surface area contributed by atoms with Crippen LogP contribution in [0.3, 0.4) is 0 Å². The number of likely N-dealkylation sites (N-methyl/N-ethyl adjacent to an activating group) is 1. The van der Waals surface area contributed by atoms with Crippen molar-refractivity contribution in [3.63, 3.8) is 0 Å². The molecule has 4 atom stereocenters. The molecule has 1 amide bonds. The first-order valence-electron chi connectivity index (χ1n) is 11.8. The van der Waals surface area contributed by atoms with Crippen LogP contribution in [-0.2, 0) is 22.3 Å². The van der Waals surface area contributed by atoms with Gasteiger partial charge in [0.15, 0.2) is 35.1 Å². The normalized spacial score (nSPS) is 21.0. The first kappa shape index (κ1) is 27.2. The van der Waals surface area contributed by atoms with Crippen LogP contribution < -0.4 is 15.4 Å². The Balaban J connectivity index is 1.57. The van der Waals surface area contributed by atoms with E-state index in [9.17, 15) is 28.2 Å². The van der Waals surface area contributed by atoms with Gasteiger partial charge in [-0.1, -0.05) is 6.07 Å². The number of carbonyl (C=O) groups excluding carboxylic acids is 1. The number of anilines is 1. The van der Waals surface area contributed by atoms with E-state index in [1.54, 1.807) is 6.07 Å². The van der Waals surface area contributed by atoms with E-state index in [0.717, 1.165) is 6.07 Å². The second-order valence-corrected chi connectivity index (χ2v) is 8.74. The molecule has 13 nitrogen and oxygen atoms in total. The summed E-state index contributed by atoms with van der Waals surface area (Å²) in [6, 6.07) is 5.17. The molecule has 0 saturated carbocycles. The number of amides is 1. The molecule has 1 fully saturated rings. The summed E-state index contributed by atoms with van der Waals surface area (Å²) in [6.45, 7) is -0.140. The number of aliphatic hydroxyl groups is 2. The van der Waals surface area contributed by atoms with Gasteiger partial charge in [-0.15, -0.1) is 0 Å². The van der Waals surface area contributed by atoms with Crippen LogP contribution in [0.15, 0.2) is 43.0 Å². The van der Waals surface area contributed by atoms with Crippen molar-refractivity contribution in [1.82, 2.24) is 34.8 Å². The second kappa shape index (κ2) is 10.6. The zero-order valence-electron chi connectivity index (χ0n) is 21.0. The molecule has 5 rings (SSSR count). The molecular weight excluding hydrogens is 537 g/mol. The molecule has 4 N–H and O–H groups in total. The van der Waals surface area contributed by atoms with Crippen molar-refractivity contribution in [2.75, 3.05) is 19.5 Å². The molecule has 4 aromatic heterocycles. The third kappa shape index (κ3) is 5.11. The van der Waals surface area contributed by atoms with Crippen molar-refractivity contribution in [1.29, 1.82) is 0 Å². The summed E-state index contributed by atoms with van der Waals surface area (Å²) in [5, 5.41) is 26.4. The van der Waals surface area contributed by atoms with Crippen molar-refractivity contribution >= 4 is 22.9 Å². The van der Waals surface area contributed by atoms with E-state index in [0.29, 0.717) is 11.3 Å².